The Morgan fingerprint density at radius 1 is 1.04 bits per heavy atom. The van der Waals surface area contributed by atoms with E-state index in [0.717, 1.165) is 34.9 Å². The predicted octanol–water partition coefficient (Wildman–Crippen LogP) is 6.39. The number of hydrogen-bond acceptors (Lipinski definition) is 7. The number of piperidine rings is 1. The second-order valence-electron chi connectivity index (χ2n) is 12.4. The van der Waals surface area contributed by atoms with E-state index in [0.29, 0.717) is 60.6 Å². The topological polar surface area (TPSA) is 118 Å². The third kappa shape index (κ3) is 8.45. The zero-order valence-electron chi connectivity index (χ0n) is 27.2. The maximum absolute atomic E-state index is 12.7. The van der Waals surface area contributed by atoms with Crippen molar-refractivity contribution >= 4 is 28.2 Å². The van der Waals surface area contributed by atoms with Crippen LogP contribution in [0.4, 0.5) is 4.79 Å². The molecule has 1 unspecified atom stereocenters. The first-order valence-electron chi connectivity index (χ1n) is 15.7. The summed E-state index contributed by atoms with van der Waals surface area (Å²) in [6.07, 6.45) is 4.86. The number of nitrogens with one attached hydrogen (secondary N) is 1. The molecule has 46 heavy (non-hydrogen) atoms. The smallest absolute Gasteiger partial charge is 0.410 e. The van der Waals surface area contributed by atoms with Gasteiger partial charge in [0.2, 0.25) is 0 Å². The molecule has 11 heteroatoms. The second kappa shape index (κ2) is 14.7. The molecule has 1 aliphatic rings. The average Bonchev–Trinajstić information content (AvgIpc) is 3.52. The summed E-state index contributed by atoms with van der Waals surface area (Å²) in [6.45, 7) is 9.51. The third-order valence-corrected chi connectivity index (χ3v) is 9.01. The summed E-state index contributed by atoms with van der Waals surface area (Å²) >= 11 is -0.981. The van der Waals surface area contributed by atoms with Gasteiger partial charge in [0.25, 0.3) is 5.56 Å². The van der Waals surface area contributed by atoms with Crippen molar-refractivity contribution in [2.24, 2.45) is 7.05 Å². The Morgan fingerprint density at radius 3 is 2.54 bits per heavy atom. The number of aromatic amines is 1. The highest BCUT2D eigenvalue weighted by Crippen LogP contribution is 2.38. The van der Waals surface area contributed by atoms with Gasteiger partial charge in [0, 0.05) is 60.7 Å². The first-order chi connectivity index (χ1) is 22.0. The molecule has 246 valence electrons. The number of benzene rings is 2. The van der Waals surface area contributed by atoms with Crippen molar-refractivity contribution in [3.8, 4) is 28.4 Å². The molecule has 3 heterocycles. The van der Waals surface area contributed by atoms with Gasteiger partial charge in [-0.05, 0) is 82.0 Å². The Hall–Kier alpha value is -3.93. The normalized spacial score (nSPS) is 14.8. The number of likely N-dealkylation sites (tertiary alicyclic amines) is 1. The minimum atomic E-state index is -0.981. The van der Waals surface area contributed by atoms with E-state index in [1.54, 1.807) is 22.7 Å². The fourth-order valence-corrected chi connectivity index (χ4v) is 6.15. The quantitative estimate of drug-likeness (QED) is 0.148. The lowest BCUT2D eigenvalue weighted by Crippen LogP contribution is -2.43. The molecule has 1 amide bonds. The van der Waals surface area contributed by atoms with Crippen LogP contribution in [-0.2, 0) is 33.5 Å². The van der Waals surface area contributed by atoms with Crippen LogP contribution in [0.2, 0.25) is 0 Å². The fraction of sp³-hybridized carbons (Fsp3) is 0.429. The summed E-state index contributed by atoms with van der Waals surface area (Å²) in [6, 6.07) is 15.1. The molecular weight excluding hydrogens is 606 g/mol. The Labute approximate surface area is 272 Å². The first-order valence-corrected chi connectivity index (χ1v) is 17.1. The maximum Gasteiger partial charge on any atom is 0.410 e. The fourth-order valence-electron chi connectivity index (χ4n) is 5.40. The van der Waals surface area contributed by atoms with Crippen LogP contribution in [0.1, 0.15) is 46.1 Å². The summed E-state index contributed by atoms with van der Waals surface area (Å²) in [7, 11) is 1.72. The van der Waals surface area contributed by atoms with Crippen LogP contribution in [0, 0.1) is 0 Å². The first kappa shape index (κ1) is 33.4. The maximum atomic E-state index is 12.7. The minimum absolute atomic E-state index is 0.0667. The van der Waals surface area contributed by atoms with Crippen LogP contribution in [0.5, 0.6) is 17.2 Å². The number of carbonyl (C=O) groups excluding carboxylic acids is 1. The van der Waals surface area contributed by atoms with Gasteiger partial charge in [0.1, 0.15) is 46.5 Å². The molecule has 5 rings (SSSR count). The number of carbonyl (C=O) groups is 1. The lowest BCUT2D eigenvalue weighted by molar-refractivity contribution is -0.0177. The number of ether oxygens (including phenoxy) is 4. The van der Waals surface area contributed by atoms with Gasteiger partial charge in [-0.15, -0.1) is 0 Å². The number of aromatic nitrogens is 2. The van der Waals surface area contributed by atoms with Crippen molar-refractivity contribution in [3.63, 3.8) is 0 Å². The molecule has 4 aromatic rings. The molecule has 0 aliphatic carbocycles. The van der Waals surface area contributed by atoms with E-state index >= 15 is 0 Å². The van der Waals surface area contributed by atoms with Crippen LogP contribution < -0.4 is 15.0 Å². The Balaban J connectivity index is 1.23. The zero-order chi connectivity index (χ0) is 32.8. The number of H-pyrrole nitrogens is 1. The third-order valence-electron chi connectivity index (χ3n) is 7.71. The van der Waals surface area contributed by atoms with Gasteiger partial charge in [-0.2, -0.15) is 0 Å². The molecule has 1 N–H and O–H groups in total. The summed E-state index contributed by atoms with van der Waals surface area (Å²) in [4.78, 5) is 29.8. The Kier molecular flexibility index (Phi) is 10.7. The van der Waals surface area contributed by atoms with Crippen LogP contribution in [0.15, 0.2) is 65.7 Å². The Bertz CT molecular complexity index is 1700. The molecule has 2 aromatic heterocycles. The minimum Gasteiger partial charge on any atom is -0.616 e. The van der Waals surface area contributed by atoms with E-state index < -0.39 is 16.8 Å². The highest BCUT2D eigenvalue weighted by molar-refractivity contribution is 7.90. The molecule has 0 saturated carbocycles. The van der Waals surface area contributed by atoms with Crippen LogP contribution in [0.25, 0.3) is 22.0 Å². The van der Waals surface area contributed by atoms with Crippen molar-refractivity contribution in [1.29, 1.82) is 0 Å². The summed E-state index contributed by atoms with van der Waals surface area (Å²) < 4.78 is 37.8. The van der Waals surface area contributed by atoms with Crippen molar-refractivity contribution in [2.45, 2.75) is 58.0 Å². The monoisotopic (exact) mass is 649 g/mol. The van der Waals surface area contributed by atoms with Crippen LogP contribution >= 0.6 is 0 Å². The van der Waals surface area contributed by atoms with E-state index in [-0.39, 0.29) is 17.8 Å². The zero-order valence-corrected chi connectivity index (χ0v) is 28.0. The lowest BCUT2D eigenvalue weighted by atomic mass is 10.0. The molecule has 1 saturated heterocycles. The predicted molar refractivity (Wildman–Crippen MR) is 180 cm³/mol. The average molecular weight is 650 g/mol. The van der Waals surface area contributed by atoms with Crippen molar-refractivity contribution in [1.82, 2.24) is 14.5 Å². The summed E-state index contributed by atoms with van der Waals surface area (Å²) in [5.74, 6) is 2.84. The van der Waals surface area contributed by atoms with E-state index in [4.69, 9.17) is 18.9 Å². The molecule has 1 fully saturated rings. The highest BCUT2D eigenvalue weighted by atomic mass is 32.2. The Morgan fingerprint density at radius 2 is 1.80 bits per heavy atom. The van der Waals surface area contributed by atoms with E-state index in [1.165, 1.54) is 0 Å². The van der Waals surface area contributed by atoms with Crippen LogP contribution in [0.3, 0.4) is 0 Å². The van der Waals surface area contributed by atoms with Gasteiger partial charge >= 0.3 is 6.09 Å². The molecule has 1 atom stereocenters. The van der Waals surface area contributed by atoms with Crippen LogP contribution in [-0.4, -0.2) is 68.9 Å². The molecular formula is C35H43N3O7S. The van der Waals surface area contributed by atoms with Gasteiger partial charge in [0.15, 0.2) is 0 Å². The van der Waals surface area contributed by atoms with E-state index in [9.17, 15) is 14.1 Å². The largest absolute Gasteiger partial charge is 0.616 e. The molecule has 0 spiro atoms. The van der Waals surface area contributed by atoms with Gasteiger partial charge in [-0.1, -0.05) is 12.1 Å². The van der Waals surface area contributed by atoms with Gasteiger partial charge < -0.3 is 38.0 Å². The number of nitrogens with zero attached hydrogens (tertiary/aromatic N) is 2. The van der Waals surface area contributed by atoms with E-state index in [1.807, 2.05) is 82.4 Å². The SMILES string of the molecule is CC[S+]([O-])Cc1ccc(Oc2cccc(OCCOC3CCN(C(=O)OC(C)(C)C)CC3)c2)c(-c2cn(C)c(=O)c3[nH]ccc23)c1. The van der Waals surface area contributed by atoms with Gasteiger partial charge in [-0.3, -0.25) is 4.79 Å². The molecule has 10 nitrogen and oxygen atoms in total. The lowest BCUT2D eigenvalue weighted by Gasteiger charge is -2.33. The standard InChI is InChI=1S/C35H43N3O7S/c1-6-46(41)23-24-10-11-31(29(20-24)30-22-37(5)33(39)32-28(30)12-15-36-32)44-27-9-7-8-26(21-27)43-19-18-42-25-13-16-38(17-14-25)34(40)45-35(2,3)4/h7-12,15,20-22,25,36H,6,13-14,16-19,23H2,1-5H3. The number of rotatable bonds is 11. The van der Waals surface area contributed by atoms with Crippen molar-refractivity contribution in [2.75, 3.05) is 32.1 Å². The summed E-state index contributed by atoms with van der Waals surface area (Å²) in [5, 5.41) is 0.786. The van der Waals surface area contributed by atoms with Gasteiger partial charge in [-0.25, -0.2) is 4.79 Å². The molecule has 1 aliphatic heterocycles. The molecule has 0 bridgehead atoms. The molecule has 2 aromatic carbocycles. The number of amides is 1. The second-order valence-corrected chi connectivity index (χ2v) is 14.1. The number of pyridine rings is 1. The number of fused-ring (bicyclic) bond motifs is 1. The number of hydrogen-bond donors (Lipinski definition) is 1. The van der Waals surface area contributed by atoms with Crippen molar-refractivity contribution < 1.29 is 28.3 Å². The van der Waals surface area contributed by atoms with E-state index in [2.05, 4.69) is 4.98 Å². The number of aryl methyl sites for hydroxylation is 1. The summed E-state index contributed by atoms with van der Waals surface area (Å²) in [5.41, 5.74) is 2.44. The highest BCUT2D eigenvalue weighted by Gasteiger charge is 2.27. The van der Waals surface area contributed by atoms with Crippen molar-refractivity contribution in [3.05, 3.63) is 76.8 Å². The van der Waals surface area contributed by atoms with Gasteiger partial charge in [0.05, 0.1) is 12.7 Å². The molecule has 0 radical (unpaired) electrons.